The molecular weight excluding hydrogens is 504 g/mol. The van der Waals surface area contributed by atoms with E-state index in [4.69, 9.17) is 5.73 Å². The van der Waals surface area contributed by atoms with Gasteiger partial charge in [-0.15, -0.1) is 10.2 Å². The summed E-state index contributed by atoms with van der Waals surface area (Å²) in [5.74, 6) is -0.0773. The topological polar surface area (TPSA) is 209 Å². The SMILES string of the molecule is Nc1nc2c(-c3ccc(S(=O)(=O)NCC4(O)CNC4)c(S(=O)O)c3-c3nn[nH]n3)cccc2s1. The van der Waals surface area contributed by atoms with E-state index in [9.17, 15) is 22.3 Å². The van der Waals surface area contributed by atoms with Crippen LogP contribution in [-0.4, -0.2) is 73.1 Å². The Hall–Kier alpha value is -2.86. The summed E-state index contributed by atoms with van der Waals surface area (Å²) in [5, 5.41) is 27.1. The molecule has 0 amide bonds. The molecule has 0 radical (unpaired) electrons. The third-order valence-electron chi connectivity index (χ3n) is 5.38. The first-order valence-corrected chi connectivity index (χ1v) is 13.2. The van der Waals surface area contributed by atoms with Crippen LogP contribution < -0.4 is 15.8 Å². The summed E-state index contributed by atoms with van der Waals surface area (Å²) in [7, 11) is -4.31. The first-order chi connectivity index (χ1) is 16.2. The van der Waals surface area contributed by atoms with Crippen molar-refractivity contribution in [3.05, 3.63) is 30.3 Å². The van der Waals surface area contributed by atoms with Crippen LogP contribution in [0.15, 0.2) is 40.1 Å². The van der Waals surface area contributed by atoms with Crippen LogP contribution in [-0.2, 0) is 21.1 Å². The van der Waals surface area contributed by atoms with E-state index in [0.717, 1.165) is 4.70 Å². The first kappa shape index (κ1) is 22.9. The molecule has 4 aromatic rings. The molecule has 1 aliphatic heterocycles. The number of anilines is 1. The van der Waals surface area contributed by atoms with Gasteiger partial charge in [0, 0.05) is 25.2 Å². The molecule has 1 saturated heterocycles. The van der Waals surface area contributed by atoms with Crippen LogP contribution in [0.2, 0.25) is 0 Å². The number of fused-ring (bicyclic) bond motifs is 1. The number of nitrogens with zero attached hydrogens (tertiary/aromatic N) is 4. The van der Waals surface area contributed by atoms with Crippen molar-refractivity contribution in [3.63, 3.8) is 0 Å². The number of nitrogens with two attached hydrogens (primary N) is 1. The maximum Gasteiger partial charge on any atom is 0.241 e. The molecule has 16 heteroatoms. The number of sulfonamides is 1. The molecule has 3 heterocycles. The largest absolute Gasteiger partial charge is 0.386 e. The molecule has 34 heavy (non-hydrogen) atoms. The molecule has 0 aliphatic carbocycles. The lowest BCUT2D eigenvalue weighted by Crippen LogP contribution is -2.64. The number of rotatable bonds is 7. The highest BCUT2D eigenvalue weighted by Crippen LogP contribution is 2.41. The van der Waals surface area contributed by atoms with E-state index < -0.39 is 36.5 Å². The van der Waals surface area contributed by atoms with Gasteiger partial charge in [-0.3, -0.25) is 0 Å². The number of hydrogen-bond donors (Lipinski definition) is 6. The Kier molecular flexibility index (Phi) is 5.67. The standard InChI is InChI=1S/C18H18N8O5S3/c19-17-22-14-10(2-1-3-11(14)32-17)9-4-5-12(34(30,31)21-8-18(27)6-20-7-18)15(33(28)29)13(9)16-23-25-26-24-16/h1-5,20-21,27H,6-8H2,(H2,19,22)(H,28,29)(H,23,24,25,26). The van der Waals surface area contributed by atoms with E-state index in [1.54, 1.807) is 12.1 Å². The Balaban J connectivity index is 1.73. The van der Waals surface area contributed by atoms with Gasteiger partial charge in [-0.05, 0) is 22.9 Å². The first-order valence-electron chi connectivity index (χ1n) is 9.78. The van der Waals surface area contributed by atoms with Gasteiger partial charge in [-0.1, -0.05) is 29.5 Å². The average molecular weight is 523 g/mol. The number of β-amino-alcohol motifs (C(OH)–C–C–N with tert-alkyl or cyclic N) is 1. The van der Waals surface area contributed by atoms with E-state index >= 15 is 0 Å². The van der Waals surface area contributed by atoms with Crippen molar-refractivity contribution in [2.24, 2.45) is 0 Å². The number of aromatic nitrogens is 5. The number of nitrogens with one attached hydrogen (secondary N) is 3. The number of thiazole rings is 1. The van der Waals surface area contributed by atoms with Crippen molar-refractivity contribution in [3.8, 4) is 22.5 Å². The summed E-state index contributed by atoms with van der Waals surface area (Å²) < 4.78 is 52.2. The normalized spacial score (nSPS) is 16.4. The van der Waals surface area contributed by atoms with Crippen molar-refractivity contribution < 1.29 is 22.3 Å². The summed E-state index contributed by atoms with van der Waals surface area (Å²) in [6.45, 7) is 0.181. The lowest BCUT2D eigenvalue weighted by Gasteiger charge is -2.37. The highest BCUT2D eigenvalue weighted by atomic mass is 32.2. The van der Waals surface area contributed by atoms with Gasteiger partial charge in [0.1, 0.15) is 10.5 Å². The molecule has 1 unspecified atom stereocenters. The van der Waals surface area contributed by atoms with Crippen LogP contribution in [0.5, 0.6) is 0 Å². The number of tetrazole rings is 1. The highest BCUT2D eigenvalue weighted by Gasteiger charge is 2.37. The number of aliphatic hydroxyl groups is 1. The molecule has 5 rings (SSSR count). The molecule has 0 bridgehead atoms. The van der Waals surface area contributed by atoms with Gasteiger partial charge in [0.15, 0.2) is 16.2 Å². The van der Waals surface area contributed by atoms with Crippen LogP contribution in [0.3, 0.4) is 0 Å². The lowest BCUT2D eigenvalue weighted by molar-refractivity contribution is -0.00397. The molecule has 2 aromatic carbocycles. The quantitative estimate of drug-likeness (QED) is 0.177. The molecule has 178 valence electrons. The maximum atomic E-state index is 13.1. The van der Waals surface area contributed by atoms with Crippen molar-refractivity contribution in [2.75, 3.05) is 25.4 Å². The average Bonchev–Trinajstić information content (AvgIpc) is 3.44. The van der Waals surface area contributed by atoms with Gasteiger partial charge in [0.2, 0.25) is 15.8 Å². The number of nitrogen functional groups attached to an aromatic ring is 1. The second-order valence-electron chi connectivity index (χ2n) is 7.66. The van der Waals surface area contributed by atoms with Gasteiger partial charge in [-0.25, -0.2) is 22.3 Å². The number of H-pyrrole nitrogens is 1. The summed E-state index contributed by atoms with van der Waals surface area (Å²) in [6.07, 6.45) is 0. The van der Waals surface area contributed by atoms with Gasteiger partial charge >= 0.3 is 0 Å². The van der Waals surface area contributed by atoms with Crippen LogP contribution in [0.1, 0.15) is 0 Å². The number of benzene rings is 2. The Morgan fingerprint density at radius 3 is 2.68 bits per heavy atom. The Bertz CT molecular complexity index is 1520. The molecule has 1 atom stereocenters. The van der Waals surface area contributed by atoms with Crippen LogP contribution in [0.4, 0.5) is 5.13 Å². The minimum Gasteiger partial charge on any atom is -0.386 e. The fraction of sp³-hybridized carbons (Fsp3) is 0.222. The third-order valence-corrected chi connectivity index (χ3v) is 8.58. The predicted molar refractivity (Wildman–Crippen MR) is 125 cm³/mol. The van der Waals surface area contributed by atoms with Gasteiger partial charge in [0.05, 0.1) is 20.7 Å². The zero-order valence-corrected chi connectivity index (χ0v) is 19.7. The lowest BCUT2D eigenvalue weighted by atomic mass is 9.98. The fourth-order valence-corrected chi connectivity index (χ4v) is 6.82. The Morgan fingerprint density at radius 2 is 2.03 bits per heavy atom. The van der Waals surface area contributed by atoms with Gasteiger partial charge in [0.25, 0.3) is 0 Å². The highest BCUT2D eigenvalue weighted by molar-refractivity contribution is 7.90. The van der Waals surface area contributed by atoms with Crippen LogP contribution in [0.25, 0.3) is 32.7 Å². The van der Waals surface area contributed by atoms with E-state index in [1.165, 1.54) is 23.5 Å². The van der Waals surface area contributed by atoms with Crippen LogP contribution in [0, 0.1) is 0 Å². The van der Waals surface area contributed by atoms with Crippen molar-refractivity contribution >= 4 is 47.8 Å². The van der Waals surface area contributed by atoms with E-state index in [-0.39, 0.29) is 31.0 Å². The molecule has 7 N–H and O–H groups in total. The second kappa shape index (κ2) is 8.42. The molecule has 2 aromatic heterocycles. The minimum absolute atomic E-state index is 0.000511. The monoisotopic (exact) mass is 522 g/mol. The Labute approximate surface area is 199 Å². The molecule has 13 nitrogen and oxygen atoms in total. The minimum atomic E-state index is -4.31. The number of para-hydroxylation sites is 1. The second-order valence-corrected chi connectivity index (χ2v) is 11.4. The van der Waals surface area contributed by atoms with E-state index in [0.29, 0.717) is 21.8 Å². The van der Waals surface area contributed by atoms with E-state index in [1.807, 2.05) is 6.07 Å². The zero-order chi connectivity index (χ0) is 24.1. The zero-order valence-electron chi connectivity index (χ0n) is 17.2. The van der Waals surface area contributed by atoms with Crippen molar-refractivity contribution in [1.82, 2.24) is 35.6 Å². The molecule has 1 aliphatic rings. The van der Waals surface area contributed by atoms with Crippen molar-refractivity contribution in [1.29, 1.82) is 0 Å². The van der Waals surface area contributed by atoms with Crippen LogP contribution >= 0.6 is 11.3 Å². The number of hydrogen-bond acceptors (Lipinski definition) is 11. The van der Waals surface area contributed by atoms with Gasteiger partial charge in [-0.2, -0.15) is 5.21 Å². The third kappa shape index (κ3) is 3.98. The Morgan fingerprint density at radius 1 is 1.24 bits per heavy atom. The summed E-state index contributed by atoms with van der Waals surface area (Å²) in [6, 6.07) is 8.04. The maximum absolute atomic E-state index is 13.1. The van der Waals surface area contributed by atoms with E-state index in [2.05, 4.69) is 35.6 Å². The summed E-state index contributed by atoms with van der Waals surface area (Å²) in [4.78, 5) is 3.49. The predicted octanol–water partition coefficient (Wildman–Crippen LogP) is -0.0812. The molecule has 1 fully saturated rings. The van der Waals surface area contributed by atoms with Gasteiger partial charge < -0.3 is 20.7 Å². The summed E-state index contributed by atoms with van der Waals surface area (Å²) in [5.41, 5.74) is 6.10. The van der Waals surface area contributed by atoms with Crippen molar-refractivity contribution in [2.45, 2.75) is 15.4 Å². The smallest absolute Gasteiger partial charge is 0.241 e. The molecule has 0 saturated carbocycles. The number of aromatic amines is 1. The molecular formula is C18H18N8O5S3. The summed E-state index contributed by atoms with van der Waals surface area (Å²) >= 11 is -1.49. The molecule has 0 spiro atoms. The fourth-order valence-electron chi connectivity index (χ4n) is 3.69.